The molecule has 0 aromatic carbocycles. The van der Waals surface area contributed by atoms with E-state index in [2.05, 4.69) is 19.9 Å². The molecule has 0 radical (unpaired) electrons. The van der Waals surface area contributed by atoms with Crippen LogP contribution in [-0.2, 0) is 0 Å². The van der Waals surface area contributed by atoms with E-state index in [9.17, 15) is 0 Å². The molecule has 2 heteroatoms. The normalized spacial score (nSPS) is 32.9. The fraction of sp³-hybridized carbons (Fsp3) is 0.765. The molecule has 0 N–H and O–H groups in total. The monoisotopic (exact) mass is 296 g/mol. The number of hydrogen-bond acceptors (Lipinski definition) is 1. The molecule has 19 heavy (non-hydrogen) atoms. The number of fused-ring (bicyclic) bond motifs is 1. The number of alkyl halides is 1. The first-order valence-corrected chi connectivity index (χ1v) is 9.11. The van der Waals surface area contributed by atoms with Crippen molar-refractivity contribution in [2.75, 3.05) is 0 Å². The van der Waals surface area contributed by atoms with Gasteiger partial charge in [-0.2, -0.15) is 0 Å². The SMILES string of the molecule is Cc1cc(C(Cl)C2CCC3CCCCC3C2)c(C)s1. The average Bonchev–Trinajstić information content (AvgIpc) is 2.76. The molecular formula is C17H25ClS. The van der Waals surface area contributed by atoms with Crippen LogP contribution in [0.3, 0.4) is 0 Å². The van der Waals surface area contributed by atoms with Crippen LogP contribution in [0.15, 0.2) is 6.07 Å². The number of halogens is 1. The number of rotatable bonds is 2. The molecule has 3 rings (SSSR count). The molecule has 2 aliphatic rings. The Hall–Kier alpha value is -0.0100. The minimum absolute atomic E-state index is 0.257. The summed E-state index contributed by atoms with van der Waals surface area (Å²) in [6.07, 6.45) is 10.0. The third kappa shape index (κ3) is 2.88. The largest absolute Gasteiger partial charge is 0.146 e. The van der Waals surface area contributed by atoms with Gasteiger partial charge in [-0.1, -0.05) is 25.7 Å². The number of hydrogen-bond donors (Lipinski definition) is 0. The lowest BCUT2D eigenvalue weighted by molar-refractivity contribution is 0.127. The van der Waals surface area contributed by atoms with Crippen LogP contribution in [0.2, 0.25) is 0 Å². The van der Waals surface area contributed by atoms with Gasteiger partial charge in [-0.25, -0.2) is 0 Å². The summed E-state index contributed by atoms with van der Waals surface area (Å²) in [5.74, 6) is 2.72. The highest BCUT2D eigenvalue weighted by molar-refractivity contribution is 7.12. The lowest BCUT2D eigenvalue weighted by Gasteiger charge is -2.40. The van der Waals surface area contributed by atoms with E-state index in [4.69, 9.17) is 11.6 Å². The van der Waals surface area contributed by atoms with Gasteiger partial charge in [-0.05, 0) is 62.5 Å². The first kappa shape index (κ1) is 13.9. The van der Waals surface area contributed by atoms with E-state index < -0.39 is 0 Å². The Morgan fingerprint density at radius 1 is 1.11 bits per heavy atom. The summed E-state index contributed by atoms with van der Waals surface area (Å²) >= 11 is 8.74. The molecule has 4 atom stereocenters. The first-order valence-electron chi connectivity index (χ1n) is 7.86. The van der Waals surface area contributed by atoms with Crippen LogP contribution < -0.4 is 0 Å². The van der Waals surface area contributed by atoms with Crippen molar-refractivity contribution in [1.29, 1.82) is 0 Å². The predicted octanol–water partition coefficient (Wildman–Crippen LogP) is 6.25. The molecule has 2 fully saturated rings. The average molecular weight is 297 g/mol. The second-order valence-electron chi connectivity index (χ2n) is 6.65. The topological polar surface area (TPSA) is 0 Å². The number of thiophene rings is 1. The van der Waals surface area contributed by atoms with Crippen molar-refractivity contribution < 1.29 is 0 Å². The molecule has 0 amide bonds. The summed E-state index contributed by atoms with van der Waals surface area (Å²) in [4.78, 5) is 2.84. The van der Waals surface area contributed by atoms with Gasteiger partial charge in [0, 0.05) is 9.75 Å². The Morgan fingerprint density at radius 2 is 1.84 bits per heavy atom. The molecule has 1 aromatic rings. The van der Waals surface area contributed by atoms with Crippen molar-refractivity contribution in [2.45, 2.75) is 64.2 Å². The lowest BCUT2D eigenvalue weighted by Crippen LogP contribution is -2.29. The Labute approximate surface area is 126 Å². The third-order valence-corrected chi connectivity index (χ3v) is 6.94. The second kappa shape index (κ2) is 5.77. The van der Waals surface area contributed by atoms with E-state index in [0.717, 1.165) is 11.8 Å². The molecule has 0 aliphatic heterocycles. The molecule has 4 unspecified atom stereocenters. The molecule has 0 bridgehead atoms. The zero-order chi connectivity index (χ0) is 13.4. The van der Waals surface area contributed by atoms with E-state index in [1.165, 1.54) is 60.3 Å². The Morgan fingerprint density at radius 3 is 2.53 bits per heavy atom. The van der Waals surface area contributed by atoms with Crippen LogP contribution in [0.25, 0.3) is 0 Å². The highest BCUT2D eigenvalue weighted by atomic mass is 35.5. The van der Waals surface area contributed by atoms with Gasteiger partial charge in [-0.15, -0.1) is 22.9 Å². The molecule has 106 valence electrons. The first-order chi connectivity index (χ1) is 9.15. The maximum Gasteiger partial charge on any atom is 0.0624 e. The van der Waals surface area contributed by atoms with Crippen molar-refractivity contribution in [2.24, 2.45) is 17.8 Å². The van der Waals surface area contributed by atoms with Crippen molar-refractivity contribution in [1.82, 2.24) is 0 Å². The van der Waals surface area contributed by atoms with Gasteiger partial charge in [0.15, 0.2) is 0 Å². The van der Waals surface area contributed by atoms with Crippen LogP contribution in [0.1, 0.15) is 65.6 Å². The molecule has 2 aliphatic carbocycles. The van der Waals surface area contributed by atoms with Crippen molar-refractivity contribution >= 4 is 22.9 Å². The van der Waals surface area contributed by atoms with E-state index >= 15 is 0 Å². The quantitative estimate of drug-likeness (QED) is 0.566. The summed E-state index contributed by atoms with van der Waals surface area (Å²) in [5.41, 5.74) is 1.42. The molecular weight excluding hydrogens is 272 g/mol. The van der Waals surface area contributed by atoms with E-state index in [-0.39, 0.29) is 5.38 Å². The molecule has 1 aromatic heterocycles. The molecule has 1 heterocycles. The summed E-state index contributed by atoms with van der Waals surface area (Å²) in [6.45, 7) is 4.43. The van der Waals surface area contributed by atoms with Crippen molar-refractivity contribution in [3.05, 3.63) is 21.4 Å². The molecule has 0 nitrogen and oxygen atoms in total. The third-order valence-electron chi connectivity index (χ3n) is 5.37. The second-order valence-corrected chi connectivity index (χ2v) is 8.58. The Bertz CT molecular complexity index is 436. The van der Waals surface area contributed by atoms with E-state index in [1.807, 2.05) is 11.3 Å². The fourth-order valence-corrected chi connectivity index (χ4v) is 5.85. The van der Waals surface area contributed by atoms with Gasteiger partial charge in [0.25, 0.3) is 0 Å². The van der Waals surface area contributed by atoms with Crippen LogP contribution in [-0.4, -0.2) is 0 Å². The summed E-state index contributed by atoms with van der Waals surface area (Å²) in [6, 6.07) is 2.32. The summed E-state index contributed by atoms with van der Waals surface area (Å²) < 4.78 is 0. The van der Waals surface area contributed by atoms with Crippen molar-refractivity contribution in [3.8, 4) is 0 Å². The fourth-order valence-electron chi connectivity index (χ4n) is 4.35. The minimum atomic E-state index is 0.257. The van der Waals surface area contributed by atoms with E-state index in [0.29, 0.717) is 5.92 Å². The zero-order valence-corrected chi connectivity index (χ0v) is 13.7. The van der Waals surface area contributed by atoms with Gasteiger partial charge >= 0.3 is 0 Å². The highest BCUT2D eigenvalue weighted by Crippen LogP contribution is 2.48. The van der Waals surface area contributed by atoms with Crippen LogP contribution >= 0.6 is 22.9 Å². The van der Waals surface area contributed by atoms with Crippen LogP contribution in [0.4, 0.5) is 0 Å². The Kier molecular flexibility index (Phi) is 4.24. The molecule has 0 saturated heterocycles. The molecule has 0 spiro atoms. The van der Waals surface area contributed by atoms with Crippen LogP contribution in [0.5, 0.6) is 0 Å². The Balaban J connectivity index is 1.70. The summed E-state index contributed by atoms with van der Waals surface area (Å²) in [7, 11) is 0. The van der Waals surface area contributed by atoms with Gasteiger partial charge in [0.2, 0.25) is 0 Å². The van der Waals surface area contributed by atoms with Gasteiger partial charge in [-0.3, -0.25) is 0 Å². The maximum atomic E-state index is 6.84. The minimum Gasteiger partial charge on any atom is -0.146 e. The molecule has 2 saturated carbocycles. The highest BCUT2D eigenvalue weighted by Gasteiger charge is 2.35. The predicted molar refractivity (Wildman–Crippen MR) is 85.2 cm³/mol. The standard InChI is InChI=1S/C17H25ClS/c1-11-9-16(12(2)19-11)17(18)15-8-7-13-5-3-4-6-14(13)10-15/h9,13-15,17H,3-8,10H2,1-2H3. The maximum absolute atomic E-state index is 6.84. The summed E-state index contributed by atoms with van der Waals surface area (Å²) in [5, 5.41) is 0.257. The smallest absolute Gasteiger partial charge is 0.0624 e. The number of aryl methyl sites for hydroxylation is 2. The zero-order valence-electron chi connectivity index (χ0n) is 12.1. The van der Waals surface area contributed by atoms with Gasteiger partial charge < -0.3 is 0 Å². The van der Waals surface area contributed by atoms with Crippen LogP contribution in [0, 0.1) is 31.6 Å². The van der Waals surface area contributed by atoms with E-state index in [1.54, 1.807) is 0 Å². The van der Waals surface area contributed by atoms with Gasteiger partial charge in [0.05, 0.1) is 5.38 Å². The van der Waals surface area contributed by atoms with Gasteiger partial charge in [0.1, 0.15) is 0 Å². The lowest BCUT2D eigenvalue weighted by atomic mass is 9.66. The van der Waals surface area contributed by atoms with Crippen molar-refractivity contribution in [3.63, 3.8) is 0 Å².